The molecule has 3 aromatic rings. The van der Waals surface area contributed by atoms with Gasteiger partial charge < -0.3 is 56.9 Å². The molecule has 1 saturated carbocycles. The molecule has 4 aliphatic heterocycles. The molecule has 3 saturated heterocycles. The van der Waals surface area contributed by atoms with E-state index in [1.165, 1.54) is 12.1 Å². The van der Waals surface area contributed by atoms with Crippen molar-refractivity contribution in [3.8, 4) is 11.5 Å². The number of piperidine rings is 3. The molecular formula is C42H54BrN3O7. The molecule has 4 fully saturated rings. The number of ether oxygens (including phenoxy) is 2. The molecule has 3 aromatic carbocycles. The fourth-order valence-corrected chi connectivity index (χ4v) is 9.18. The highest BCUT2D eigenvalue weighted by atomic mass is 79.9. The first-order chi connectivity index (χ1) is 25.1. The van der Waals surface area contributed by atoms with Crippen molar-refractivity contribution in [2.24, 2.45) is 11.8 Å². The van der Waals surface area contributed by atoms with Crippen molar-refractivity contribution in [1.82, 2.24) is 5.32 Å². The van der Waals surface area contributed by atoms with Crippen LogP contribution in [-0.2, 0) is 32.9 Å². The lowest BCUT2D eigenvalue weighted by molar-refractivity contribution is -0.946. The second kappa shape index (κ2) is 17.0. The zero-order valence-electron chi connectivity index (χ0n) is 30.7. The number of nitrogens with zero attached hydrogens (tertiary/aromatic N) is 1. The Balaban J connectivity index is 0.00000481. The van der Waals surface area contributed by atoms with Gasteiger partial charge in [0, 0.05) is 49.9 Å². The number of quaternary nitrogens is 1. The number of aliphatic hydroxyl groups excluding tert-OH is 1. The highest BCUT2D eigenvalue weighted by Gasteiger charge is 2.48. The molecule has 0 aromatic heterocycles. The van der Waals surface area contributed by atoms with Gasteiger partial charge in [-0.15, -0.1) is 0 Å². The molecule has 5 N–H and O–H groups in total. The molecule has 1 amide bonds. The summed E-state index contributed by atoms with van der Waals surface area (Å²) < 4.78 is 13.2. The van der Waals surface area contributed by atoms with Gasteiger partial charge in [-0.2, -0.15) is 0 Å². The van der Waals surface area contributed by atoms with Crippen LogP contribution in [0.2, 0.25) is 0 Å². The lowest BCUT2D eigenvalue weighted by Crippen LogP contribution is -3.00. The number of carbonyl (C=O) groups excluding carboxylic acids is 2. The molecule has 8 rings (SSSR count). The summed E-state index contributed by atoms with van der Waals surface area (Å²) in [6.45, 7) is 6.89. The average Bonchev–Trinajstić information content (AvgIpc) is 3.71. The number of aryl methyl sites for hydroxylation is 1. The lowest BCUT2D eigenvalue weighted by atomic mass is 9.80. The SMILES string of the molecule is Cc1cc(CNC[C@H](O)c2cc(O)cc3c2OCC(=O)N3)ccc1CC(=O)CC[N+]12CCC(CC1)[C@@H](OC[C@@](O)(c1ccccc1)C1CCCC1)C2.[Br-]. The number of carbonyl (C=O) groups is 2. The molecule has 0 spiro atoms. The maximum Gasteiger partial charge on any atom is 0.262 e. The number of aromatic hydroxyl groups is 1. The Bertz CT molecular complexity index is 1740. The largest absolute Gasteiger partial charge is 1.00 e. The van der Waals surface area contributed by atoms with Crippen LogP contribution in [0.1, 0.15) is 78.9 Å². The number of hydrogen-bond acceptors (Lipinski definition) is 8. The Labute approximate surface area is 323 Å². The number of halogens is 1. The highest BCUT2D eigenvalue weighted by Crippen LogP contribution is 2.43. The number of ketones is 1. The normalized spacial score (nSPS) is 24.0. The van der Waals surface area contributed by atoms with Crippen LogP contribution in [0, 0.1) is 18.8 Å². The van der Waals surface area contributed by atoms with Gasteiger partial charge in [0.15, 0.2) is 6.61 Å². The number of nitrogens with one attached hydrogen (secondary N) is 2. The van der Waals surface area contributed by atoms with E-state index in [1.54, 1.807) is 0 Å². The third-order valence-electron chi connectivity index (χ3n) is 12.3. The van der Waals surface area contributed by atoms with Crippen molar-refractivity contribution in [2.45, 2.75) is 82.6 Å². The van der Waals surface area contributed by atoms with Gasteiger partial charge in [0.1, 0.15) is 35.5 Å². The van der Waals surface area contributed by atoms with Crippen molar-refractivity contribution in [3.05, 3.63) is 88.5 Å². The van der Waals surface area contributed by atoms with Crippen LogP contribution in [0.5, 0.6) is 11.5 Å². The molecule has 3 atom stereocenters. The van der Waals surface area contributed by atoms with Gasteiger partial charge in [-0.1, -0.05) is 61.4 Å². The minimum absolute atomic E-state index is 0. The summed E-state index contributed by atoms with van der Waals surface area (Å²) in [6.07, 6.45) is 6.73. The van der Waals surface area contributed by atoms with Crippen LogP contribution in [0.25, 0.3) is 0 Å². The number of amides is 1. The summed E-state index contributed by atoms with van der Waals surface area (Å²) in [6, 6.07) is 19.1. The van der Waals surface area contributed by atoms with Crippen LogP contribution in [0.15, 0.2) is 60.7 Å². The molecule has 11 heteroatoms. The van der Waals surface area contributed by atoms with E-state index < -0.39 is 11.7 Å². The van der Waals surface area contributed by atoms with E-state index in [2.05, 4.69) is 16.7 Å². The van der Waals surface area contributed by atoms with E-state index in [1.807, 2.05) is 49.4 Å². The van der Waals surface area contributed by atoms with Gasteiger partial charge in [-0.05, 0) is 54.0 Å². The maximum atomic E-state index is 13.4. The van der Waals surface area contributed by atoms with Gasteiger partial charge in [-0.25, -0.2) is 0 Å². The Kier molecular flexibility index (Phi) is 12.6. The number of Topliss-reactive ketones (excluding diaryl/α,β-unsaturated/α-hetero) is 1. The Morgan fingerprint density at radius 1 is 1.08 bits per heavy atom. The molecule has 2 bridgehead atoms. The summed E-state index contributed by atoms with van der Waals surface area (Å²) in [4.78, 5) is 25.1. The van der Waals surface area contributed by atoms with E-state index in [0.717, 1.165) is 91.4 Å². The quantitative estimate of drug-likeness (QED) is 0.148. The zero-order valence-corrected chi connectivity index (χ0v) is 32.3. The second-order valence-electron chi connectivity index (χ2n) is 15.8. The van der Waals surface area contributed by atoms with E-state index in [-0.39, 0.29) is 59.6 Å². The predicted molar refractivity (Wildman–Crippen MR) is 198 cm³/mol. The summed E-state index contributed by atoms with van der Waals surface area (Å²) >= 11 is 0. The van der Waals surface area contributed by atoms with Crippen LogP contribution in [-0.4, -0.2) is 83.5 Å². The third-order valence-corrected chi connectivity index (χ3v) is 12.3. The minimum Gasteiger partial charge on any atom is -1.00 e. The number of fused-ring (bicyclic) bond motifs is 4. The molecule has 0 radical (unpaired) electrons. The molecule has 0 unspecified atom stereocenters. The maximum absolute atomic E-state index is 13.4. The molecule has 5 aliphatic rings. The number of benzene rings is 3. The number of rotatable bonds is 15. The van der Waals surface area contributed by atoms with Gasteiger partial charge in [-0.3, -0.25) is 9.59 Å². The summed E-state index contributed by atoms with van der Waals surface area (Å²) in [7, 11) is 0. The zero-order chi connectivity index (χ0) is 36.3. The van der Waals surface area contributed by atoms with Gasteiger partial charge in [0.25, 0.3) is 5.91 Å². The van der Waals surface area contributed by atoms with E-state index in [0.29, 0.717) is 48.9 Å². The van der Waals surface area contributed by atoms with E-state index in [9.17, 15) is 24.9 Å². The van der Waals surface area contributed by atoms with Crippen molar-refractivity contribution in [3.63, 3.8) is 0 Å². The summed E-state index contributed by atoms with van der Waals surface area (Å²) in [5.41, 5.74) is 3.89. The van der Waals surface area contributed by atoms with Crippen molar-refractivity contribution < 1.29 is 55.8 Å². The van der Waals surface area contributed by atoms with Gasteiger partial charge in [0.05, 0.1) is 44.5 Å². The monoisotopic (exact) mass is 791 g/mol. The summed E-state index contributed by atoms with van der Waals surface area (Å²) in [5, 5.41) is 38.9. The number of aliphatic hydroxyl groups is 2. The van der Waals surface area contributed by atoms with Crippen molar-refractivity contribution in [1.29, 1.82) is 0 Å². The summed E-state index contributed by atoms with van der Waals surface area (Å²) in [5.74, 6) is 0.990. The Hall–Kier alpha value is -3.32. The van der Waals surface area contributed by atoms with Crippen LogP contribution >= 0.6 is 0 Å². The van der Waals surface area contributed by atoms with Crippen LogP contribution in [0.3, 0.4) is 0 Å². The second-order valence-corrected chi connectivity index (χ2v) is 15.8. The molecule has 4 heterocycles. The Morgan fingerprint density at radius 3 is 2.57 bits per heavy atom. The van der Waals surface area contributed by atoms with Crippen LogP contribution < -0.4 is 32.4 Å². The highest BCUT2D eigenvalue weighted by molar-refractivity contribution is 5.96. The lowest BCUT2D eigenvalue weighted by Gasteiger charge is -2.53. The van der Waals surface area contributed by atoms with Crippen LogP contribution in [0.4, 0.5) is 5.69 Å². The smallest absolute Gasteiger partial charge is 0.262 e. The number of phenolic OH excluding ortho intramolecular Hbond substituents is 1. The first-order valence-corrected chi connectivity index (χ1v) is 19.1. The van der Waals surface area contributed by atoms with E-state index >= 15 is 0 Å². The topological polar surface area (TPSA) is 137 Å². The molecule has 286 valence electrons. The third kappa shape index (κ3) is 8.98. The molecular weight excluding hydrogens is 738 g/mol. The molecule has 53 heavy (non-hydrogen) atoms. The van der Waals surface area contributed by atoms with Gasteiger partial charge >= 0.3 is 0 Å². The number of phenols is 1. The van der Waals surface area contributed by atoms with Gasteiger partial charge in [0.2, 0.25) is 0 Å². The minimum atomic E-state index is -0.960. The first kappa shape index (κ1) is 39.4. The molecule has 10 nitrogen and oxygen atoms in total. The first-order valence-electron chi connectivity index (χ1n) is 19.1. The Morgan fingerprint density at radius 2 is 1.83 bits per heavy atom. The van der Waals surface area contributed by atoms with Crippen molar-refractivity contribution >= 4 is 17.4 Å². The fourth-order valence-electron chi connectivity index (χ4n) is 9.18. The standard InChI is InChI=1S/C42H53N3O7.BrH/c1-28-19-29(23-43-24-38(48)36-21-35(47)22-37-41(36)51-26-40(49)44-37)11-12-31(28)20-34(46)15-18-45-16-13-30(14-17-45)39(25-45)52-27-42(50,33-9-5-6-10-33)32-7-3-2-4-8-32;/h2-4,7-8,11-12,19,21-22,30,33,38-39,43,48,50H,5-6,9-10,13-18,20,23-27H2,1H3,(H-,44,47,49);1H/t30?,38-,39-,42+,45?;/m0./s1. The number of hydrogen-bond donors (Lipinski definition) is 5. The molecule has 1 aliphatic carbocycles. The van der Waals surface area contributed by atoms with Crippen molar-refractivity contribution in [2.75, 3.05) is 51.3 Å². The van der Waals surface area contributed by atoms with E-state index in [4.69, 9.17) is 9.47 Å². The number of anilines is 1. The average molecular weight is 793 g/mol. The predicted octanol–water partition coefficient (Wildman–Crippen LogP) is 2.06. The fraction of sp³-hybridized carbons (Fsp3) is 0.524.